The van der Waals surface area contributed by atoms with Crippen LogP contribution in [-0.2, 0) is 11.8 Å². The number of hydrogen-bond acceptors (Lipinski definition) is 1. The van der Waals surface area contributed by atoms with Crippen LogP contribution in [0.3, 0.4) is 0 Å². The Bertz CT molecular complexity index is 84.9. The molecule has 66 valence electrons. The molecule has 0 radical (unpaired) electrons. The minimum absolute atomic E-state index is 0. The van der Waals surface area contributed by atoms with E-state index in [1.165, 1.54) is 0 Å². The Morgan fingerprint density at radius 2 is 1.00 bits per heavy atom. The lowest BCUT2D eigenvalue weighted by molar-refractivity contribution is 4.51. The van der Waals surface area contributed by atoms with Gasteiger partial charge in [-0.15, -0.1) is 0 Å². The van der Waals surface area contributed by atoms with Gasteiger partial charge in [-0.25, -0.2) is 0 Å². The zero-order valence-electron chi connectivity index (χ0n) is 4.07. The van der Waals surface area contributed by atoms with Crippen molar-refractivity contribution in [1.82, 2.24) is 0 Å². The highest BCUT2D eigenvalue weighted by molar-refractivity contribution is 8.50. The van der Waals surface area contributed by atoms with E-state index in [0.29, 0.717) is 0 Å². The third-order valence-corrected chi connectivity index (χ3v) is 0. The fourth-order valence-electron chi connectivity index (χ4n) is 0. The van der Waals surface area contributed by atoms with Crippen LogP contribution in [0.15, 0.2) is 0 Å². The molecule has 0 heterocycles. The summed E-state index contributed by atoms with van der Waals surface area (Å²) in [5, 5.41) is 0. The lowest BCUT2D eigenvalue weighted by Gasteiger charge is -1.80. The summed E-state index contributed by atoms with van der Waals surface area (Å²) < 4.78 is -2.39. The third-order valence-electron chi connectivity index (χ3n) is 0. The van der Waals surface area contributed by atoms with E-state index in [9.17, 15) is 0 Å². The maximum Gasteiger partial charge on any atom is 0.202 e. The molecule has 0 rings (SSSR count). The first-order chi connectivity index (χ1) is 3.73. The van der Waals surface area contributed by atoms with Gasteiger partial charge in [0, 0.05) is 0 Å². The predicted octanol–water partition coefficient (Wildman–Crippen LogP) is 5.97. The van der Waals surface area contributed by atoms with Gasteiger partial charge < -0.3 is 0 Å². The summed E-state index contributed by atoms with van der Waals surface area (Å²) in [6, 6.07) is 0. The van der Waals surface area contributed by atoms with E-state index in [4.69, 9.17) is 67.4 Å². The normalized spacial score (nSPS) is 9.50. The van der Waals surface area contributed by atoms with Crippen LogP contribution in [0.25, 0.3) is 0 Å². The summed E-state index contributed by atoms with van der Waals surface area (Å²) in [4.78, 5) is 0. The van der Waals surface area contributed by atoms with Crippen LogP contribution < -0.4 is 0 Å². The molecule has 0 amide bonds. The van der Waals surface area contributed by atoms with Gasteiger partial charge in [0.1, 0.15) is 0 Å². The van der Waals surface area contributed by atoms with E-state index in [2.05, 4.69) is 11.8 Å². The van der Waals surface area contributed by atoms with Crippen LogP contribution in [0, 0.1) is 0 Å². The summed E-state index contributed by atoms with van der Waals surface area (Å²) in [5.41, 5.74) is 0. The monoisotopic (exact) mass is 338 g/mol. The molecule has 0 aromatic rings. The summed E-state index contributed by atoms with van der Waals surface area (Å²) in [6.07, 6.45) is 0. The Kier molecular flexibility index (Phi) is 19.3. The maximum atomic E-state index is 4.99. The molecule has 0 aliphatic carbocycles. The van der Waals surface area contributed by atoms with E-state index in [1.54, 1.807) is 0 Å². The summed E-state index contributed by atoms with van der Waals surface area (Å²) in [5.74, 6) is -1.20. The Morgan fingerprint density at radius 3 is 1.00 bits per heavy atom. The van der Waals surface area contributed by atoms with Gasteiger partial charge in [0.05, 0.1) is 0 Å². The first kappa shape index (κ1) is 18.9. The van der Waals surface area contributed by atoms with Gasteiger partial charge in [-0.2, -0.15) is 13.5 Å². The van der Waals surface area contributed by atoms with Gasteiger partial charge in [-0.3, -0.25) is 0 Å². The second kappa shape index (κ2) is 10.3. The molecule has 0 N–H and O–H groups in total. The fraction of sp³-hybridized carbons (Fsp3) is 0. The molecule has 10 heteroatoms. The van der Waals surface area contributed by atoms with E-state index in [1.807, 2.05) is 0 Å². The summed E-state index contributed by atoms with van der Waals surface area (Å²) in [7, 11) is 0. The molecule has 0 nitrogen and oxygen atoms in total. The molecular weight excluding hydrogens is 339 g/mol. The van der Waals surface area contributed by atoms with Crippen molar-refractivity contribution >= 4 is 103 Å². The fourth-order valence-corrected chi connectivity index (χ4v) is 0. The molecule has 0 fully saturated rings. The molecule has 0 unspecified atom stereocenters. The van der Waals surface area contributed by atoms with Crippen molar-refractivity contribution in [3.05, 3.63) is 0 Å². The Balaban J connectivity index is -0.0000000910. The molecule has 0 atom stereocenters. The molecule has 0 saturated heterocycles. The molecule has 0 spiro atoms. The minimum Gasteiger partial charge on any atom is -0.197 e. The topological polar surface area (TPSA) is 0 Å². The second-order valence-corrected chi connectivity index (χ2v) is 15.9. The zero-order valence-corrected chi connectivity index (χ0v) is 12.2. The van der Waals surface area contributed by atoms with Crippen LogP contribution in [0.5, 0.6) is 0 Å². The Labute approximate surface area is 102 Å². The summed E-state index contributed by atoms with van der Waals surface area (Å²) in [6.45, 7) is 0. The molecule has 0 aliphatic heterocycles. The van der Waals surface area contributed by atoms with Crippen molar-refractivity contribution in [1.29, 1.82) is 0 Å². The standard InChI is InChI=1S/Cl3PS.Cl3P.H2S/c1-4(2,3)5;1-4(2)3;/h;;1H2. The highest BCUT2D eigenvalue weighted by atomic mass is 36.1. The van der Waals surface area contributed by atoms with Crippen LogP contribution >= 0.6 is 91.0 Å². The minimum atomic E-state index is -2.39. The number of halogens is 6. The SMILES string of the molecule is ClP(Cl)Cl.S.S=P(Cl)(Cl)Cl. The lowest BCUT2D eigenvalue weighted by atomic mass is 30.1. The van der Waals surface area contributed by atoms with Crippen molar-refractivity contribution in [3.8, 4) is 0 Å². The largest absolute Gasteiger partial charge is 0.202 e. The van der Waals surface area contributed by atoms with Gasteiger partial charge in [0.25, 0.3) is 0 Å². The molecule has 0 aromatic carbocycles. The van der Waals surface area contributed by atoms with Gasteiger partial charge >= 0.3 is 0 Å². The van der Waals surface area contributed by atoms with E-state index in [0.717, 1.165) is 0 Å². The zero-order chi connectivity index (χ0) is 8.08. The second-order valence-electron chi connectivity index (χ2n) is 0.590. The van der Waals surface area contributed by atoms with Gasteiger partial charge in [-0.1, -0.05) is 67.4 Å². The maximum absolute atomic E-state index is 4.99. The molecule has 0 aromatic heterocycles. The Morgan fingerprint density at radius 1 is 1.00 bits per heavy atom. The van der Waals surface area contributed by atoms with Crippen LogP contribution in [0.2, 0.25) is 0 Å². The lowest BCUT2D eigenvalue weighted by Crippen LogP contribution is -1.17. The number of rotatable bonds is 0. The highest BCUT2D eigenvalue weighted by Gasteiger charge is 1.95. The van der Waals surface area contributed by atoms with E-state index < -0.39 is 10.1 Å². The van der Waals surface area contributed by atoms with Crippen molar-refractivity contribution < 1.29 is 0 Å². The Hall–Kier alpha value is 3.17. The van der Waals surface area contributed by atoms with Crippen molar-refractivity contribution in [3.63, 3.8) is 0 Å². The highest BCUT2D eigenvalue weighted by Crippen LogP contribution is 2.61. The van der Waals surface area contributed by atoms with Crippen molar-refractivity contribution in [2.45, 2.75) is 0 Å². The first-order valence-corrected chi connectivity index (χ1v) is 10.8. The van der Waals surface area contributed by atoms with Gasteiger partial charge in [0.2, 0.25) is 4.10 Å². The number of hydrogen-bond donors (Lipinski definition) is 0. The molecular formula is H2Cl6P2S2. The quantitative estimate of drug-likeness (QED) is 0.489. The van der Waals surface area contributed by atoms with Gasteiger partial charge in [-0.05, 0) is 11.8 Å². The molecule has 0 saturated carbocycles. The van der Waals surface area contributed by atoms with E-state index in [-0.39, 0.29) is 13.5 Å². The van der Waals surface area contributed by atoms with E-state index >= 15 is 0 Å². The molecule has 0 aliphatic rings. The average Bonchev–Trinajstić information content (AvgIpc) is 1.19. The van der Waals surface area contributed by atoms with Crippen molar-refractivity contribution in [2.75, 3.05) is 0 Å². The molecule has 10 heavy (non-hydrogen) atoms. The first-order valence-electron chi connectivity index (χ1n) is 1.20. The summed E-state index contributed by atoms with van der Waals surface area (Å²) >= 11 is 33.8. The third kappa shape index (κ3) is 115. The van der Waals surface area contributed by atoms with Crippen LogP contribution in [0.1, 0.15) is 0 Å². The molecule has 0 bridgehead atoms. The van der Waals surface area contributed by atoms with Crippen molar-refractivity contribution in [2.24, 2.45) is 0 Å². The van der Waals surface area contributed by atoms with Crippen LogP contribution in [-0.4, -0.2) is 0 Å². The average molecular weight is 341 g/mol. The van der Waals surface area contributed by atoms with Gasteiger partial charge in [0.15, 0.2) is 5.98 Å². The predicted molar refractivity (Wildman–Crippen MR) is 66.7 cm³/mol. The smallest absolute Gasteiger partial charge is 0.197 e. The van der Waals surface area contributed by atoms with Crippen LogP contribution in [0.4, 0.5) is 0 Å².